The van der Waals surface area contributed by atoms with E-state index in [9.17, 15) is 4.79 Å². The van der Waals surface area contributed by atoms with Crippen LogP contribution in [-0.2, 0) is 6.54 Å². The van der Waals surface area contributed by atoms with Gasteiger partial charge in [-0.1, -0.05) is 50.2 Å². The van der Waals surface area contributed by atoms with Gasteiger partial charge >= 0.3 is 0 Å². The number of nitrogens with one attached hydrogen (secondary N) is 2. The van der Waals surface area contributed by atoms with Gasteiger partial charge in [-0.15, -0.1) is 0 Å². The zero-order valence-corrected chi connectivity index (χ0v) is 14.3. The average Bonchev–Trinajstić information content (AvgIpc) is 2.60. The zero-order valence-electron chi connectivity index (χ0n) is 14.3. The maximum atomic E-state index is 12.1. The van der Waals surface area contributed by atoms with E-state index in [1.54, 1.807) is 6.07 Å². The summed E-state index contributed by atoms with van der Waals surface area (Å²) in [5.41, 5.74) is 3.20. The Balaban J connectivity index is 1.72. The van der Waals surface area contributed by atoms with Gasteiger partial charge in [0.1, 0.15) is 5.82 Å². The number of nitrogens with zero attached hydrogens (tertiary/aromatic N) is 1. The van der Waals surface area contributed by atoms with Crippen molar-refractivity contribution in [3.8, 4) is 0 Å². The smallest absolute Gasteiger partial charge is 0.258 e. The van der Waals surface area contributed by atoms with Crippen LogP contribution in [0.3, 0.4) is 0 Å². The van der Waals surface area contributed by atoms with Crippen LogP contribution in [0.5, 0.6) is 0 Å². The third kappa shape index (κ3) is 3.54. The van der Waals surface area contributed by atoms with E-state index >= 15 is 0 Å². The van der Waals surface area contributed by atoms with Crippen molar-refractivity contribution in [1.29, 1.82) is 0 Å². The minimum absolute atomic E-state index is 0.0914. The number of fused-ring (bicyclic) bond motifs is 1. The number of benzene rings is 2. The van der Waals surface area contributed by atoms with Gasteiger partial charge in [0.2, 0.25) is 0 Å². The average molecular weight is 321 g/mol. The first-order chi connectivity index (χ1) is 11.5. The fourth-order valence-corrected chi connectivity index (χ4v) is 2.76. The molecule has 0 bridgehead atoms. The number of para-hydroxylation sites is 1. The first-order valence-corrected chi connectivity index (χ1v) is 8.36. The van der Waals surface area contributed by atoms with Crippen LogP contribution in [0.2, 0.25) is 0 Å². The summed E-state index contributed by atoms with van der Waals surface area (Å²) in [7, 11) is 0. The number of aromatic nitrogens is 2. The number of hydrogen-bond acceptors (Lipinski definition) is 3. The van der Waals surface area contributed by atoms with Crippen LogP contribution in [0, 0.1) is 0 Å². The molecule has 0 fully saturated rings. The molecule has 0 aliphatic heterocycles. The molecule has 0 saturated carbocycles. The number of aromatic amines is 1. The van der Waals surface area contributed by atoms with E-state index < -0.39 is 0 Å². The molecule has 0 radical (unpaired) electrons. The summed E-state index contributed by atoms with van der Waals surface area (Å²) in [5.74, 6) is 1.19. The highest BCUT2D eigenvalue weighted by atomic mass is 16.1. The van der Waals surface area contributed by atoms with E-state index in [0.717, 1.165) is 5.52 Å². The maximum Gasteiger partial charge on any atom is 0.258 e. The third-order valence-electron chi connectivity index (χ3n) is 4.34. The number of H-pyrrole nitrogens is 1. The van der Waals surface area contributed by atoms with Gasteiger partial charge in [-0.2, -0.15) is 0 Å². The Morgan fingerprint density at radius 3 is 2.38 bits per heavy atom. The molecule has 124 valence electrons. The van der Waals surface area contributed by atoms with Crippen molar-refractivity contribution < 1.29 is 0 Å². The molecule has 1 heterocycles. The largest absolute Gasteiger partial charge is 0.309 e. The molecule has 2 N–H and O–H groups in total. The Labute approximate surface area is 142 Å². The molecule has 1 aromatic heterocycles. The zero-order chi connectivity index (χ0) is 17.1. The van der Waals surface area contributed by atoms with Gasteiger partial charge in [0.25, 0.3) is 5.56 Å². The van der Waals surface area contributed by atoms with Crippen LogP contribution in [-0.4, -0.2) is 9.97 Å². The van der Waals surface area contributed by atoms with Crippen molar-refractivity contribution in [3.63, 3.8) is 0 Å². The Morgan fingerprint density at radius 2 is 1.67 bits per heavy atom. The summed E-state index contributed by atoms with van der Waals surface area (Å²) >= 11 is 0. The van der Waals surface area contributed by atoms with E-state index in [1.165, 1.54) is 11.1 Å². The molecule has 4 nitrogen and oxygen atoms in total. The lowest BCUT2D eigenvalue weighted by Gasteiger charge is -2.15. The summed E-state index contributed by atoms with van der Waals surface area (Å²) in [6, 6.07) is 16.2. The van der Waals surface area contributed by atoms with Crippen molar-refractivity contribution >= 4 is 10.9 Å². The normalized spacial score (nSPS) is 12.7. The van der Waals surface area contributed by atoms with Crippen LogP contribution < -0.4 is 10.9 Å². The molecule has 3 rings (SSSR count). The second-order valence-corrected chi connectivity index (χ2v) is 6.45. The Hall–Kier alpha value is -2.46. The van der Waals surface area contributed by atoms with Gasteiger partial charge in [-0.25, -0.2) is 4.98 Å². The van der Waals surface area contributed by atoms with Crippen LogP contribution in [0.1, 0.15) is 49.7 Å². The fourth-order valence-electron chi connectivity index (χ4n) is 2.76. The Kier molecular flexibility index (Phi) is 4.76. The maximum absolute atomic E-state index is 12.1. The molecule has 0 amide bonds. The molecule has 0 aliphatic rings. The molecule has 0 aliphatic carbocycles. The van der Waals surface area contributed by atoms with Gasteiger partial charge in [0.05, 0.1) is 17.4 Å². The van der Waals surface area contributed by atoms with E-state index in [0.29, 0.717) is 23.7 Å². The topological polar surface area (TPSA) is 57.8 Å². The second kappa shape index (κ2) is 6.97. The quantitative estimate of drug-likeness (QED) is 0.749. The van der Waals surface area contributed by atoms with E-state index in [2.05, 4.69) is 60.3 Å². The molecule has 24 heavy (non-hydrogen) atoms. The van der Waals surface area contributed by atoms with Crippen LogP contribution in [0.15, 0.2) is 53.3 Å². The van der Waals surface area contributed by atoms with E-state index in [1.807, 2.05) is 18.2 Å². The first kappa shape index (κ1) is 16.4. The van der Waals surface area contributed by atoms with E-state index in [4.69, 9.17) is 0 Å². The number of rotatable bonds is 5. The Morgan fingerprint density at radius 1 is 1.00 bits per heavy atom. The summed E-state index contributed by atoms with van der Waals surface area (Å²) in [4.78, 5) is 19.5. The predicted octanol–water partition coefficient (Wildman–Crippen LogP) is 3.90. The molecule has 0 saturated heterocycles. The monoisotopic (exact) mass is 321 g/mol. The molecular weight excluding hydrogens is 298 g/mol. The highest BCUT2D eigenvalue weighted by Crippen LogP contribution is 2.18. The van der Waals surface area contributed by atoms with Crippen molar-refractivity contribution in [3.05, 3.63) is 75.8 Å². The first-order valence-electron chi connectivity index (χ1n) is 8.36. The summed E-state index contributed by atoms with van der Waals surface area (Å²) in [5, 5.41) is 4.05. The standard InChI is InChI=1S/C20H23N3O/c1-13(2)15-8-10-16(11-9-15)14(3)21-12-19-22-18-7-5-4-6-17(18)20(24)23-19/h4-11,13-14,21H,12H2,1-3H3,(H,22,23,24)/t14-/m1/s1. The van der Waals surface area contributed by atoms with Gasteiger partial charge in [-0.05, 0) is 36.1 Å². The van der Waals surface area contributed by atoms with Gasteiger partial charge < -0.3 is 10.3 Å². The fraction of sp³-hybridized carbons (Fsp3) is 0.300. The molecule has 4 heteroatoms. The van der Waals surface area contributed by atoms with Crippen LogP contribution in [0.25, 0.3) is 10.9 Å². The minimum Gasteiger partial charge on any atom is -0.309 e. The van der Waals surface area contributed by atoms with Crippen molar-refractivity contribution in [1.82, 2.24) is 15.3 Å². The predicted molar refractivity (Wildman–Crippen MR) is 98.1 cm³/mol. The van der Waals surface area contributed by atoms with Crippen molar-refractivity contribution in [2.24, 2.45) is 0 Å². The van der Waals surface area contributed by atoms with Crippen LogP contribution in [0.4, 0.5) is 0 Å². The summed E-state index contributed by atoms with van der Waals surface area (Å²) in [6.07, 6.45) is 0. The molecule has 0 unspecified atom stereocenters. The van der Waals surface area contributed by atoms with Crippen molar-refractivity contribution in [2.75, 3.05) is 0 Å². The molecule has 2 aromatic carbocycles. The molecule has 0 spiro atoms. The summed E-state index contributed by atoms with van der Waals surface area (Å²) in [6.45, 7) is 7.02. The van der Waals surface area contributed by atoms with E-state index in [-0.39, 0.29) is 11.6 Å². The SMILES string of the molecule is CC(C)c1ccc([C@@H](C)NCc2nc3ccccc3c(=O)[nH]2)cc1. The van der Waals surface area contributed by atoms with Crippen LogP contribution >= 0.6 is 0 Å². The molecule has 1 atom stereocenters. The third-order valence-corrected chi connectivity index (χ3v) is 4.34. The highest BCUT2D eigenvalue weighted by molar-refractivity contribution is 5.77. The highest BCUT2D eigenvalue weighted by Gasteiger charge is 2.08. The summed E-state index contributed by atoms with van der Waals surface area (Å²) < 4.78 is 0. The molecular formula is C20H23N3O. The van der Waals surface area contributed by atoms with Gasteiger partial charge in [-0.3, -0.25) is 4.79 Å². The van der Waals surface area contributed by atoms with Crippen molar-refractivity contribution in [2.45, 2.75) is 39.3 Å². The Bertz CT molecular complexity index is 881. The van der Waals surface area contributed by atoms with Gasteiger partial charge in [0, 0.05) is 6.04 Å². The lowest BCUT2D eigenvalue weighted by atomic mass is 9.99. The lowest BCUT2D eigenvalue weighted by Crippen LogP contribution is -2.22. The second-order valence-electron chi connectivity index (χ2n) is 6.45. The minimum atomic E-state index is -0.0914. The van der Waals surface area contributed by atoms with Gasteiger partial charge in [0.15, 0.2) is 0 Å². The number of hydrogen-bond donors (Lipinski definition) is 2. The lowest BCUT2D eigenvalue weighted by molar-refractivity contribution is 0.559. The molecule has 3 aromatic rings.